The summed E-state index contributed by atoms with van der Waals surface area (Å²) in [6, 6.07) is 18.0. The summed E-state index contributed by atoms with van der Waals surface area (Å²) in [7, 11) is 0. The molecule has 0 bridgehead atoms. The Morgan fingerprint density at radius 3 is 2.50 bits per heavy atom. The first-order valence-corrected chi connectivity index (χ1v) is 10.8. The third-order valence-corrected chi connectivity index (χ3v) is 6.47. The molecule has 4 aromatic rings. The lowest BCUT2D eigenvalue weighted by Crippen LogP contribution is -2.22. The number of carbonyl (C=O) groups is 1. The summed E-state index contributed by atoms with van der Waals surface area (Å²) in [5, 5.41) is 0.968. The summed E-state index contributed by atoms with van der Waals surface area (Å²) in [5.41, 5.74) is 1.49. The Labute approximate surface area is 178 Å². The number of benzene rings is 2. The molecule has 0 unspecified atom stereocenters. The molecule has 2 aromatic carbocycles. The molecule has 140 valence electrons. The number of nitrogens with zero attached hydrogens (tertiary/aromatic N) is 2. The highest BCUT2D eigenvalue weighted by molar-refractivity contribution is 7.99. The molecule has 0 radical (unpaired) electrons. The zero-order valence-corrected chi connectivity index (χ0v) is 17.4. The molecule has 4 rings (SSSR count). The topological polar surface area (TPSA) is 52.0 Å². The molecular weight excluding hydrogens is 435 g/mol. The number of hydrogen-bond acceptors (Lipinski definition) is 5. The molecule has 0 amide bonds. The van der Waals surface area contributed by atoms with Crippen LogP contribution in [0.15, 0.2) is 70.6 Å². The van der Waals surface area contributed by atoms with Crippen LogP contribution in [-0.4, -0.2) is 21.1 Å². The highest BCUT2D eigenvalue weighted by Crippen LogP contribution is 2.32. The molecule has 4 nitrogen and oxygen atoms in total. The summed E-state index contributed by atoms with van der Waals surface area (Å²) in [6.45, 7) is 0. The second kappa shape index (κ2) is 8.09. The lowest BCUT2D eigenvalue weighted by molar-refractivity contribution is 0.102. The summed E-state index contributed by atoms with van der Waals surface area (Å²) in [6.07, 6.45) is 0. The summed E-state index contributed by atoms with van der Waals surface area (Å²) >= 11 is 14.4. The van der Waals surface area contributed by atoms with Gasteiger partial charge < -0.3 is 0 Å². The van der Waals surface area contributed by atoms with Crippen LogP contribution in [0.5, 0.6) is 0 Å². The first-order valence-electron chi connectivity index (χ1n) is 8.22. The molecule has 0 N–H and O–H groups in total. The number of halogens is 2. The molecule has 28 heavy (non-hydrogen) atoms. The average Bonchev–Trinajstić information content (AvgIpc) is 3.05. The van der Waals surface area contributed by atoms with Gasteiger partial charge in [-0.2, -0.15) is 0 Å². The highest BCUT2D eigenvalue weighted by atomic mass is 35.5. The first kappa shape index (κ1) is 19.2. The number of ketones is 1. The van der Waals surface area contributed by atoms with E-state index in [0.717, 1.165) is 11.3 Å². The largest absolute Gasteiger partial charge is 0.293 e. The highest BCUT2D eigenvalue weighted by Gasteiger charge is 2.18. The molecule has 0 aliphatic carbocycles. The van der Waals surface area contributed by atoms with Gasteiger partial charge in [-0.25, -0.2) is 4.98 Å². The van der Waals surface area contributed by atoms with Gasteiger partial charge in [0.25, 0.3) is 5.56 Å². The number of carbonyl (C=O) groups excluding carboxylic acids is 1. The Kier molecular flexibility index (Phi) is 5.55. The molecule has 0 aliphatic heterocycles. The van der Waals surface area contributed by atoms with E-state index in [0.29, 0.717) is 36.0 Å². The second-order valence-electron chi connectivity index (χ2n) is 5.84. The number of hydrogen-bond donors (Lipinski definition) is 0. The maximum atomic E-state index is 13.1. The molecule has 8 heteroatoms. The summed E-state index contributed by atoms with van der Waals surface area (Å²) in [4.78, 5) is 30.3. The number of rotatable bonds is 5. The summed E-state index contributed by atoms with van der Waals surface area (Å²) in [5.74, 6) is -0.0788. The average molecular weight is 447 g/mol. The Morgan fingerprint density at radius 1 is 1.07 bits per heavy atom. The van der Waals surface area contributed by atoms with Crippen molar-refractivity contribution in [2.45, 2.75) is 5.16 Å². The van der Waals surface area contributed by atoms with Gasteiger partial charge in [0.05, 0.1) is 26.7 Å². The fourth-order valence-electron chi connectivity index (χ4n) is 2.75. The third kappa shape index (κ3) is 3.73. The predicted octanol–water partition coefficient (Wildman–Crippen LogP) is 5.73. The van der Waals surface area contributed by atoms with Gasteiger partial charge in [0, 0.05) is 5.56 Å². The van der Waals surface area contributed by atoms with Crippen molar-refractivity contribution < 1.29 is 4.79 Å². The van der Waals surface area contributed by atoms with E-state index in [4.69, 9.17) is 23.2 Å². The Morgan fingerprint density at radius 2 is 1.79 bits per heavy atom. The van der Waals surface area contributed by atoms with Crippen molar-refractivity contribution in [1.29, 1.82) is 0 Å². The van der Waals surface area contributed by atoms with Gasteiger partial charge in [-0.05, 0) is 30.3 Å². The van der Waals surface area contributed by atoms with Gasteiger partial charge in [-0.15, -0.1) is 11.3 Å². The smallest absolute Gasteiger partial charge is 0.266 e. The van der Waals surface area contributed by atoms with E-state index in [2.05, 4.69) is 4.98 Å². The Hall–Kier alpha value is -2.12. The van der Waals surface area contributed by atoms with Gasteiger partial charge in [0.15, 0.2) is 10.9 Å². The van der Waals surface area contributed by atoms with Crippen LogP contribution in [0.1, 0.15) is 10.4 Å². The zero-order chi connectivity index (χ0) is 19.7. The van der Waals surface area contributed by atoms with Gasteiger partial charge in [0.2, 0.25) is 0 Å². The van der Waals surface area contributed by atoms with E-state index in [-0.39, 0.29) is 17.1 Å². The number of thioether (sulfide) groups is 1. The van der Waals surface area contributed by atoms with Crippen LogP contribution in [0.25, 0.3) is 16.6 Å². The van der Waals surface area contributed by atoms with E-state index in [9.17, 15) is 9.59 Å². The number of para-hydroxylation sites is 2. The van der Waals surface area contributed by atoms with Crippen LogP contribution in [0.4, 0.5) is 0 Å². The van der Waals surface area contributed by atoms with Crippen LogP contribution < -0.4 is 5.56 Å². The minimum Gasteiger partial charge on any atom is -0.293 e. The third-order valence-electron chi connectivity index (χ3n) is 4.05. The lowest BCUT2D eigenvalue weighted by Gasteiger charge is -2.12. The normalized spacial score (nSPS) is 11.1. The maximum Gasteiger partial charge on any atom is 0.266 e. The van der Waals surface area contributed by atoms with Crippen molar-refractivity contribution in [1.82, 2.24) is 9.55 Å². The van der Waals surface area contributed by atoms with Crippen molar-refractivity contribution in [2.24, 2.45) is 0 Å². The quantitative estimate of drug-likeness (QED) is 0.223. The standard InChI is InChI=1S/C20H12Cl2N2O2S2/c21-17-10-14(18(22)28-17)16(25)11-27-20-23-15-9-5-4-8-13(15)19(26)24(20)12-6-2-1-3-7-12/h1-10H,11H2. The predicted molar refractivity (Wildman–Crippen MR) is 117 cm³/mol. The second-order valence-corrected chi connectivity index (χ2v) is 9.07. The molecule has 0 saturated heterocycles. The molecule has 0 fully saturated rings. The van der Waals surface area contributed by atoms with Crippen molar-refractivity contribution in [3.8, 4) is 5.69 Å². The maximum absolute atomic E-state index is 13.1. The van der Waals surface area contributed by atoms with Gasteiger partial charge in [-0.3, -0.25) is 14.2 Å². The fourth-order valence-corrected chi connectivity index (χ4v) is 5.15. The SMILES string of the molecule is O=C(CSc1nc2ccccc2c(=O)n1-c1ccccc1)c1cc(Cl)sc1Cl. The molecular formula is C20H12Cl2N2O2S2. The molecule has 0 saturated carbocycles. The van der Waals surface area contributed by atoms with Crippen LogP contribution in [0.2, 0.25) is 8.67 Å². The first-order chi connectivity index (χ1) is 13.5. The molecule has 0 spiro atoms. The number of Topliss-reactive ketones (excluding diaryl/α,β-unsaturated/α-hetero) is 1. The fraction of sp³-hybridized carbons (Fsp3) is 0.0500. The van der Waals surface area contributed by atoms with Crippen LogP contribution in [-0.2, 0) is 0 Å². The van der Waals surface area contributed by atoms with E-state index >= 15 is 0 Å². The van der Waals surface area contributed by atoms with Crippen LogP contribution in [0, 0.1) is 0 Å². The van der Waals surface area contributed by atoms with E-state index < -0.39 is 0 Å². The van der Waals surface area contributed by atoms with Crippen molar-refractivity contribution in [3.63, 3.8) is 0 Å². The van der Waals surface area contributed by atoms with Crippen molar-refractivity contribution in [3.05, 3.63) is 85.3 Å². The Bertz CT molecular complexity index is 1240. The van der Waals surface area contributed by atoms with E-state index in [1.165, 1.54) is 16.3 Å². The molecule has 0 aliphatic rings. The van der Waals surface area contributed by atoms with Crippen LogP contribution >= 0.6 is 46.3 Å². The van der Waals surface area contributed by atoms with Gasteiger partial charge >= 0.3 is 0 Å². The molecule has 0 atom stereocenters. The van der Waals surface area contributed by atoms with Crippen LogP contribution in [0.3, 0.4) is 0 Å². The Balaban J connectivity index is 1.76. The minimum absolute atomic E-state index is 0.0877. The van der Waals surface area contributed by atoms with Crippen molar-refractivity contribution >= 4 is 63.0 Å². The van der Waals surface area contributed by atoms with Gasteiger partial charge in [-0.1, -0.05) is 65.3 Å². The number of fused-ring (bicyclic) bond motifs is 1. The van der Waals surface area contributed by atoms with Gasteiger partial charge in [0.1, 0.15) is 4.34 Å². The number of thiophene rings is 1. The lowest BCUT2D eigenvalue weighted by atomic mass is 10.2. The van der Waals surface area contributed by atoms with Crippen molar-refractivity contribution in [2.75, 3.05) is 5.75 Å². The van der Waals surface area contributed by atoms with E-state index in [1.54, 1.807) is 24.3 Å². The summed E-state index contributed by atoms with van der Waals surface area (Å²) < 4.78 is 2.36. The zero-order valence-electron chi connectivity index (χ0n) is 14.3. The molecule has 2 heterocycles. The monoisotopic (exact) mass is 446 g/mol. The van der Waals surface area contributed by atoms with E-state index in [1.807, 2.05) is 36.4 Å². The molecule has 2 aromatic heterocycles. The minimum atomic E-state index is -0.177. The number of aromatic nitrogens is 2.